The van der Waals surface area contributed by atoms with Gasteiger partial charge in [-0.25, -0.2) is 4.39 Å². The average Bonchev–Trinajstić information content (AvgIpc) is 2.78. The van der Waals surface area contributed by atoms with Crippen molar-refractivity contribution in [3.8, 4) is 11.5 Å². The summed E-state index contributed by atoms with van der Waals surface area (Å²) >= 11 is 9.73. The number of hydrogen-bond donors (Lipinski definition) is 1. The molecule has 0 unspecified atom stereocenters. The minimum atomic E-state index is -0.378. The number of anilines is 1. The van der Waals surface area contributed by atoms with Gasteiger partial charge in [0.15, 0.2) is 11.5 Å². The summed E-state index contributed by atoms with van der Waals surface area (Å²) in [5.41, 5.74) is 2.79. The summed E-state index contributed by atoms with van der Waals surface area (Å²) in [5, 5.41) is 6.19. The normalized spacial score (nSPS) is 10.8. The fourth-order valence-corrected chi connectivity index (χ4v) is 4.03. The standard InChI is InChI=1S/C25H20BrClFNO2/c1-30-24-11-18(14-29-23-8-4-6-16-5-2-3-7-20(16)23)21(26)13-25(24)31-15-17-9-10-19(28)12-22(17)27/h2-13,29H,14-15H2,1H3. The van der Waals surface area contributed by atoms with Gasteiger partial charge in [-0.1, -0.05) is 70.0 Å². The van der Waals surface area contributed by atoms with E-state index in [2.05, 4.69) is 45.5 Å². The van der Waals surface area contributed by atoms with Crippen molar-refractivity contribution in [1.82, 2.24) is 0 Å². The van der Waals surface area contributed by atoms with Crippen LogP contribution in [-0.2, 0) is 13.2 Å². The maximum atomic E-state index is 13.3. The highest BCUT2D eigenvalue weighted by Gasteiger charge is 2.12. The first-order valence-corrected chi connectivity index (χ1v) is 10.9. The van der Waals surface area contributed by atoms with Crippen molar-refractivity contribution >= 4 is 44.0 Å². The lowest BCUT2D eigenvalue weighted by atomic mass is 10.1. The van der Waals surface area contributed by atoms with E-state index in [0.717, 1.165) is 15.7 Å². The van der Waals surface area contributed by atoms with Crippen molar-refractivity contribution in [3.05, 3.63) is 99.2 Å². The van der Waals surface area contributed by atoms with E-state index in [0.29, 0.717) is 28.6 Å². The number of methoxy groups -OCH3 is 1. The molecule has 0 bridgehead atoms. The third kappa shape index (κ3) is 4.94. The molecule has 0 atom stereocenters. The van der Waals surface area contributed by atoms with E-state index in [-0.39, 0.29) is 12.4 Å². The summed E-state index contributed by atoms with van der Waals surface area (Å²) < 4.78 is 25.6. The molecular weight excluding hydrogens is 481 g/mol. The molecule has 0 heterocycles. The maximum Gasteiger partial charge on any atom is 0.162 e. The van der Waals surface area contributed by atoms with Crippen LogP contribution in [0, 0.1) is 5.82 Å². The number of halogens is 3. The molecule has 0 aromatic heterocycles. The van der Waals surface area contributed by atoms with Gasteiger partial charge in [-0.3, -0.25) is 0 Å². The van der Waals surface area contributed by atoms with Crippen molar-refractivity contribution in [2.24, 2.45) is 0 Å². The first-order valence-electron chi connectivity index (χ1n) is 9.70. The third-order valence-electron chi connectivity index (χ3n) is 4.99. The van der Waals surface area contributed by atoms with Crippen LogP contribution in [0.15, 0.2) is 77.3 Å². The Morgan fingerprint density at radius 3 is 2.55 bits per heavy atom. The Labute approximate surface area is 193 Å². The van der Waals surface area contributed by atoms with Gasteiger partial charge in [-0.05, 0) is 41.3 Å². The maximum absolute atomic E-state index is 13.3. The van der Waals surface area contributed by atoms with E-state index in [1.807, 2.05) is 30.3 Å². The molecule has 6 heteroatoms. The number of hydrogen-bond acceptors (Lipinski definition) is 3. The second kappa shape index (κ2) is 9.58. The van der Waals surface area contributed by atoms with Crippen molar-refractivity contribution < 1.29 is 13.9 Å². The van der Waals surface area contributed by atoms with Crippen LogP contribution in [0.1, 0.15) is 11.1 Å². The van der Waals surface area contributed by atoms with Crippen molar-refractivity contribution in [2.75, 3.05) is 12.4 Å². The van der Waals surface area contributed by atoms with Crippen molar-refractivity contribution in [3.63, 3.8) is 0 Å². The Hall–Kier alpha value is -2.76. The molecule has 4 rings (SSSR count). The minimum absolute atomic E-state index is 0.204. The number of ether oxygens (including phenoxy) is 2. The fourth-order valence-electron chi connectivity index (χ4n) is 3.35. The lowest BCUT2D eigenvalue weighted by molar-refractivity contribution is 0.284. The van der Waals surface area contributed by atoms with Crippen LogP contribution in [0.3, 0.4) is 0 Å². The second-order valence-electron chi connectivity index (χ2n) is 7.00. The summed E-state index contributed by atoms with van der Waals surface area (Å²) in [5.74, 6) is 0.803. The summed E-state index contributed by atoms with van der Waals surface area (Å²) in [4.78, 5) is 0. The van der Waals surface area contributed by atoms with Crippen molar-refractivity contribution in [2.45, 2.75) is 13.2 Å². The number of nitrogens with one attached hydrogen (secondary N) is 1. The molecular formula is C25H20BrClFNO2. The zero-order valence-corrected chi connectivity index (χ0v) is 19.1. The Morgan fingerprint density at radius 1 is 0.935 bits per heavy atom. The van der Waals surface area contributed by atoms with Gasteiger partial charge in [0.05, 0.1) is 12.1 Å². The lowest BCUT2D eigenvalue weighted by Crippen LogP contribution is -2.03. The van der Waals surface area contributed by atoms with Gasteiger partial charge in [0.1, 0.15) is 12.4 Å². The van der Waals surface area contributed by atoms with E-state index < -0.39 is 0 Å². The van der Waals surface area contributed by atoms with E-state index in [1.54, 1.807) is 13.2 Å². The topological polar surface area (TPSA) is 30.5 Å². The molecule has 0 fully saturated rings. The van der Waals surface area contributed by atoms with Gasteiger partial charge in [0, 0.05) is 27.7 Å². The molecule has 0 saturated carbocycles. The van der Waals surface area contributed by atoms with Gasteiger partial charge < -0.3 is 14.8 Å². The Kier molecular flexibility index (Phi) is 6.64. The SMILES string of the molecule is COc1cc(CNc2cccc3ccccc23)c(Br)cc1OCc1ccc(F)cc1Cl. The van der Waals surface area contributed by atoms with Gasteiger partial charge in [-0.15, -0.1) is 0 Å². The smallest absolute Gasteiger partial charge is 0.162 e. The largest absolute Gasteiger partial charge is 0.493 e. The molecule has 0 saturated heterocycles. The zero-order valence-electron chi connectivity index (χ0n) is 16.8. The van der Waals surface area contributed by atoms with Crippen LogP contribution in [0.5, 0.6) is 11.5 Å². The predicted octanol–water partition coefficient (Wildman–Crippen LogP) is 7.59. The zero-order chi connectivity index (χ0) is 21.8. The molecule has 4 aromatic rings. The van der Waals surface area contributed by atoms with E-state index in [1.165, 1.54) is 22.9 Å². The summed E-state index contributed by atoms with van der Waals surface area (Å²) in [6, 6.07) is 22.5. The first kappa shape index (κ1) is 21.5. The molecule has 0 radical (unpaired) electrons. The Balaban J connectivity index is 1.52. The third-order valence-corrected chi connectivity index (χ3v) is 6.08. The molecule has 0 spiro atoms. The van der Waals surface area contributed by atoms with Crippen LogP contribution in [0.2, 0.25) is 5.02 Å². The van der Waals surface area contributed by atoms with E-state index in [9.17, 15) is 4.39 Å². The lowest BCUT2D eigenvalue weighted by Gasteiger charge is -2.16. The van der Waals surface area contributed by atoms with E-state index in [4.69, 9.17) is 21.1 Å². The van der Waals surface area contributed by atoms with Crippen LogP contribution in [0.25, 0.3) is 10.8 Å². The van der Waals surface area contributed by atoms with Crippen molar-refractivity contribution in [1.29, 1.82) is 0 Å². The van der Waals surface area contributed by atoms with E-state index >= 15 is 0 Å². The van der Waals surface area contributed by atoms with Crippen LogP contribution in [0.4, 0.5) is 10.1 Å². The van der Waals surface area contributed by atoms with Crippen LogP contribution < -0.4 is 14.8 Å². The molecule has 158 valence electrons. The second-order valence-corrected chi connectivity index (χ2v) is 8.26. The number of fused-ring (bicyclic) bond motifs is 1. The molecule has 0 aliphatic carbocycles. The summed E-state index contributed by atoms with van der Waals surface area (Å²) in [7, 11) is 1.60. The molecule has 1 N–H and O–H groups in total. The molecule has 0 aliphatic heterocycles. The highest BCUT2D eigenvalue weighted by atomic mass is 79.9. The number of benzene rings is 4. The van der Waals surface area contributed by atoms with Gasteiger partial charge in [-0.2, -0.15) is 0 Å². The monoisotopic (exact) mass is 499 g/mol. The van der Waals surface area contributed by atoms with Crippen LogP contribution in [-0.4, -0.2) is 7.11 Å². The summed E-state index contributed by atoms with van der Waals surface area (Å²) in [6.07, 6.45) is 0. The predicted molar refractivity (Wildman–Crippen MR) is 128 cm³/mol. The minimum Gasteiger partial charge on any atom is -0.493 e. The quantitative estimate of drug-likeness (QED) is 0.283. The highest BCUT2D eigenvalue weighted by molar-refractivity contribution is 9.10. The molecule has 31 heavy (non-hydrogen) atoms. The molecule has 4 aromatic carbocycles. The Morgan fingerprint density at radius 2 is 1.74 bits per heavy atom. The first-order chi connectivity index (χ1) is 15.0. The Bertz CT molecular complexity index is 1230. The number of rotatable bonds is 7. The molecule has 3 nitrogen and oxygen atoms in total. The molecule has 0 aliphatic rings. The average molecular weight is 501 g/mol. The molecule has 0 amide bonds. The van der Waals surface area contributed by atoms with Crippen LogP contribution >= 0.6 is 27.5 Å². The highest BCUT2D eigenvalue weighted by Crippen LogP contribution is 2.35. The summed E-state index contributed by atoms with van der Waals surface area (Å²) in [6.45, 7) is 0.810. The van der Waals surface area contributed by atoms with Gasteiger partial charge >= 0.3 is 0 Å². The van der Waals surface area contributed by atoms with Gasteiger partial charge in [0.25, 0.3) is 0 Å². The fraction of sp³-hybridized carbons (Fsp3) is 0.120. The van der Waals surface area contributed by atoms with Gasteiger partial charge in [0.2, 0.25) is 0 Å².